The van der Waals surface area contributed by atoms with Crippen molar-refractivity contribution in [2.75, 3.05) is 0 Å². The molecule has 0 saturated carbocycles. The van der Waals surface area contributed by atoms with E-state index in [-0.39, 0.29) is 0 Å². The molecule has 0 radical (unpaired) electrons. The number of carboxylic acid groups (broad SMARTS) is 1. The predicted octanol–water partition coefficient (Wildman–Crippen LogP) is 0.827. The number of carboxylic acids is 1. The Balaban J connectivity index is 0. The van der Waals surface area contributed by atoms with Crippen molar-refractivity contribution in [3.8, 4) is 0 Å². The van der Waals surface area contributed by atoms with Crippen molar-refractivity contribution in [1.29, 1.82) is 0 Å². The van der Waals surface area contributed by atoms with E-state index in [4.69, 9.17) is 10.2 Å². The first-order valence-corrected chi connectivity index (χ1v) is 3.88. The summed E-state index contributed by atoms with van der Waals surface area (Å²) in [7, 11) is 0. The Morgan fingerprint density at radius 1 is 1.25 bits per heavy atom. The van der Waals surface area contributed by atoms with Gasteiger partial charge in [-0.15, -0.1) is 0 Å². The van der Waals surface area contributed by atoms with E-state index in [0.29, 0.717) is 18.6 Å². The number of carbonyl (C=O) groups is 2. The largest absolute Gasteiger partial charge is 0.479 e. The average molecular weight is 176 g/mol. The third kappa shape index (κ3) is 11.8. The lowest BCUT2D eigenvalue weighted by atomic mass is 10.3. The molecule has 0 bridgehead atoms. The van der Waals surface area contributed by atoms with Crippen LogP contribution >= 0.6 is 0 Å². The minimum Gasteiger partial charge on any atom is -0.479 e. The number of aliphatic hydroxyl groups is 1. The van der Waals surface area contributed by atoms with Crippen LogP contribution in [0.4, 0.5) is 0 Å². The van der Waals surface area contributed by atoms with Gasteiger partial charge in [0.1, 0.15) is 11.9 Å². The summed E-state index contributed by atoms with van der Waals surface area (Å²) in [5.74, 6) is -0.843. The van der Waals surface area contributed by atoms with E-state index in [2.05, 4.69) is 0 Å². The zero-order chi connectivity index (χ0) is 10.1. The summed E-state index contributed by atoms with van der Waals surface area (Å²) in [6, 6.07) is 0. The zero-order valence-electron chi connectivity index (χ0n) is 7.70. The molecule has 72 valence electrons. The van der Waals surface area contributed by atoms with Gasteiger partial charge in [-0.25, -0.2) is 4.79 Å². The number of hydrogen-bond acceptors (Lipinski definition) is 3. The summed E-state index contributed by atoms with van der Waals surface area (Å²) in [5.41, 5.74) is 0. The Labute approximate surface area is 72.2 Å². The average Bonchev–Trinajstić information content (AvgIpc) is 2.04. The molecule has 12 heavy (non-hydrogen) atoms. The Kier molecular flexibility index (Phi) is 9.34. The second-order valence-corrected chi connectivity index (χ2v) is 2.26. The van der Waals surface area contributed by atoms with E-state index in [9.17, 15) is 9.59 Å². The molecular formula is C8H16O4. The summed E-state index contributed by atoms with van der Waals surface area (Å²) >= 11 is 0. The first kappa shape index (κ1) is 13.7. The van der Waals surface area contributed by atoms with E-state index < -0.39 is 12.1 Å². The van der Waals surface area contributed by atoms with Gasteiger partial charge in [0.2, 0.25) is 0 Å². The molecule has 2 N–H and O–H groups in total. The Morgan fingerprint density at radius 2 is 1.50 bits per heavy atom. The quantitative estimate of drug-likeness (QED) is 0.667. The summed E-state index contributed by atoms with van der Waals surface area (Å²) < 4.78 is 0. The van der Waals surface area contributed by atoms with Crippen LogP contribution in [-0.4, -0.2) is 28.1 Å². The van der Waals surface area contributed by atoms with E-state index in [0.717, 1.165) is 0 Å². The number of aliphatic carboxylic acids is 1. The number of ketones is 1. The third-order valence-electron chi connectivity index (χ3n) is 1.15. The van der Waals surface area contributed by atoms with Crippen LogP contribution in [0.1, 0.15) is 33.6 Å². The Bertz CT molecular complexity index is 132. The van der Waals surface area contributed by atoms with Crippen molar-refractivity contribution < 1.29 is 19.8 Å². The topological polar surface area (TPSA) is 74.6 Å². The molecule has 0 aliphatic carbocycles. The second kappa shape index (κ2) is 8.20. The van der Waals surface area contributed by atoms with Gasteiger partial charge in [0.25, 0.3) is 0 Å². The van der Waals surface area contributed by atoms with Gasteiger partial charge < -0.3 is 10.2 Å². The van der Waals surface area contributed by atoms with E-state index >= 15 is 0 Å². The molecule has 0 spiro atoms. The molecule has 0 fully saturated rings. The fraction of sp³-hybridized carbons (Fsp3) is 0.750. The molecule has 0 aliphatic heterocycles. The number of hydrogen-bond donors (Lipinski definition) is 2. The maximum Gasteiger partial charge on any atom is 0.332 e. The molecule has 0 heterocycles. The first-order valence-electron chi connectivity index (χ1n) is 3.88. The van der Waals surface area contributed by atoms with Gasteiger partial charge in [0.15, 0.2) is 0 Å². The molecule has 4 heteroatoms. The minimum atomic E-state index is -1.23. The van der Waals surface area contributed by atoms with Crippen LogP contribution in [0.2, 0.25) is 0 Å². The van der Waals surface area contributed by atoms with E-state index in [1.807, 2.05) is 13.8 Å². The van der Waals surface area contributed by atoms with Crippen molar-refractivity contribution in [3.63, 3.8) is 0 Å². The number of Topliss-reactive ketones (excluding diaryl/α,β-unsaturated/α-hetero) is 1. The molecule has 0 amide bonds. The molecule has 0 saturated heterocycles. The van der Waals surface area contributed by atoms with Gasteiger partial charge in [-0.2, -0.15) is 0 Å². The highest BCUT2D eigenvalue weighted by Gasteiger charge is 2.01. The van der Waals surface area contributed by atoms with Crippen molar-refractivity contribution in [2.24, 2.45) is 0 Å². The lowest BCUT2D eigenvalue weighted by Gasteiger charge is -1.89. The van der Waals surface area contributed by atoms with Gasteiger partial charge >= 0.3 is 5.97 Å². The van der Waals surface area contributed by atoms with Crippen LogP contribution in [0, 0.1) is 0 Å². The van der Waals surface area contributed by atoms with Crippen molar-refractivity contribution in [3.05, 3.63) is 0 Å². The molecule has 0 aromatic rings. The monoisotopic (exact) mass is 176 g/mol. The molecule has 0 aromatic carbocycles. The van der Waals surface area contributed by atoms with Gasteiger partial charge in [0.05, 0.1) is 0 Å². The molecule has 0 aliphatic rings. The van der Waals surface area contributed by atoms with E-state index in [1.165, 1.54) is 6.92 Å². The molecule has 4 nitrogen and oxygen atoms in total. The van der Waals surface area contributed by atoms with E-state index in [1.54, 1.807) is 0 Å². The van der Waals surface area contributed by atoms with Crippen LogP contribution in [-0.2, 0) is 9.59 Å². The predicted molar refractivity (Wildman–Crippen MR) is 44.9 cm³/mol. The normalized spacial score (nSPS) is 11.0. The van der Waals surface area contributed by atoms with Gasteiger partial charge in [-0.3, -0.25) is 4.79 Å². The number of carbonyl (C=O) groups excluding carboxylic acids is 1. The fourth-order valence-electron chi connectivity index (χ4n) is 0.250. The maximum atomic E-state index is 10.2. The highest BCUT2D eigenvalue weighted by molar-refractivity contribution is 5.77. The Hall–Kier alpha value is -0.900. The minimum absolute atomic E-state index is 0.343. The van der Waals surface area contributed by atoms with Crippen LogP contribution in [0.15, 0.2) is 0 Å². The summed E-state index contributed by atoms with van der Waals surface area (Å²) in [5, 5.41) is 15.8. The lowest BCUT2D eigenvalue weighted by molar-refractivity contribution is -0.145. The molecule has 0 aromatic heterocycles. The summed E-state index contributed by atoms with van der Waals surface area (Å²) in [6.07, 6.45) is 0.150. The highest BCUT2D eigenvalue weighted by atomic mass is 16.4. The summed E-state index contributed by atoms with van der Waals surface area (Å²) in [4.78, 5) is 19.6. The smallest absolute Gasteiger partial charge is 0.332 e. The van der Waals surface area contributed by atoms with Crippen LogP contribution < -0.4 is 0 Å². The maximum absolute atomic E-state index is 10.2. The highest BCUT2D eigenvalue weighted by Crippen LogP contribution is 1.83. The lowest BCUT2D eigenvalue weighted by Crippen LogP contribution is -2.13. The SMILES string of the molecule is CC(O)C(=O)O.CCC(=O)CC. The van der Waals surface area contributed by atoms with Gasteiger partial charge in [-0.1, -0.05) is 13.8 Å². The third-order valence-corrected chi connectivity index (χ3v) is 1.15. The van der Waals surface area contributed by atoms with Crippen molar-refractivity contribution in [2.45, 2.75) is 39.7 Å². The molecule has 1 atom stereocenters. The number of aliphatic hydroxyl groups excluding tert-OH is 1. The molecule has 1 unspecified atom stereocenters. The number of rotatable bonds is 3. The van der Waals surface area contributed by atoms with Crippen molar-refractivity contribution >= 4 is 11.8 Å². The standard InChI is InChI=1S/C5H10O.C3H6O3/c1-3-5(6)4-2;1-2(4)3(5)6/h3-4H2,1-2H3;2,4H,1H3,(H,5,6). The first-order chi connectivity index (χ1) is 5.45. The van der Waals surface area contributed by atoms with Crippen LogP contribution in [0.3, 0.4) is 0 Å². The van der Waals surface area contributed by atoms with Gasteiger partial charge in [0, 0.05) is 12.8 Å². The van der Waals surface area contributed by atoms with Crippen molar-refractivity contribution in [1.82, 2.24) is 0 Å². The van der Waals surface area contributed by atoms with Crippen LogP contribution in [0.25, 0.3) is 0 Å². The molecule has 0 rings (SSSR count). The van der Waals surface area contributed by atoms with Crippen LogP contribution in [0.5, 0.6) is 0 Å². The fourth-order valence-corrected chi connectivity index (χ4v) is 0.250. The Morgan fingerprint density at radius 3 is 1.50 bits per heavy atom. The second-order valence-electron chi connectivity index (χ2n) is 2.26. The zero-order valence-corrected chi connectivity index (χ0v) is 7.70. The van der Waals surface area contributed by atoms with Gasteiger partial charge in [-0.05, 0) is 6.92 Å². The molecular weight excluding hydrogens is 160 g/mol. The summed E-state index contributed by atoms with van der Waals surface area (Å²) in [6.45, 7) is 4.96.